The molecule has 0 heterocycles. The summed E-state index contributed by atoms with van der Waals surface area (Å²) in [5.41, 5.74) is 25.8. The maximum absolute atomic E-state index is 3.32. The van der Waals surface area contributed by atoms with E-state index in [1.807, 2.05) is 6.08 Å². The average Bonchev–Trinajstić information content (AvgIpc) is 2.35. The summed E-state index contributed by atoms with van der Waals surface area (Å²) in [6, 6.07) is 0. The van der Waals surface area contributed by atoms with Gasteiger partial charge >= 0.3 is 0 Å². The van der Waals surface area contributed by atoms with Gasteiger partial charge in [-0.25, -0.2) is 0 Å². The van der Waals surface area contributed by atoms with E-state index in [9.17, 15) is 0 Å². The van der Waals surface area contributed by atoms with E-state index in [0.717, 1.165) is 6.42 Å². The van der Waals surface area contributed by atoms with Crippen molar-refractivity contribution in [1.29, 1.82) is 0 Å². The summed E-state index contributed by atoms with van der Waals surface area (Å²) in [5, 5.41) is 0. The van der Waals surface area contributed by atoms with Gasteiger partial charge in [0.15, 0.2) is 0 Å². The van der Waals surface area contributed by atoms with Crippen molar-refractivity contribution in [2.24, 2.45) is 0 Å². The van der Waals surface area contributed by atoms with E-state index in [-0.39, 0.29) is 0 Å². The van der Waals surface area contributed by atoms with Gasteiger partial charge in [-0.3, -0.25) is 0 Å². The summed E-state index contributed by atoms with van der Waals surface area (Å²) in [6.45, 7) is 5.50. The highest BCUT2D eigenvalue weighted by molar-refractivity contribution is 4.91. The van der Waals surface area contributed by atoms with Crippen molar-refractivity contribution in [2.45, 2.75) is 32.6 Å². The minimum atomic E-state index is 1.03. The minimum absolute atomic E-state index is 1.03. The van der Waals surface area contributed by atoms with E-state index in [4.69, 9.17) is 0 Å². The van der Waals surface area contributed by atoms with Crippen LogP contribution in [0.3, 0.4) is 0 Å². The molecule has 0 atom stereocenters. The van der Waals surface area contributed by atoms with Crippen LogP contribution in [0, 0.1) is 0 Å². The molecule has 0 aromatic carbocycles. The second kappa shape index (κ2) is 13.5. The Balaban J connectivity index is 4.67. The molecule has 0 saturated carbocycles. The molecule has 0 amide bonds. The molecule has 0 unspecified atom stereocenters. The number of allylic oxidation sites excluding steroid dienone is 1. The summed E-state index contributed by atoms with van der Waals surface area (Å²) in [7, 11) is 0. The van der Waals surface area contributed by atoms with Crippen LogP contribution in [-0.4, -0.2) is 0 Å². The monoisotopic (exact) mass is 218 g/mol. The van der Waals surface area contributed by atoms with Crippen molar-refractivity contribution >= 4 is 0 Å². The maximum atomic E-state index is 3.32. The van der Waals surface area contributed by atoms with Crippen LogP contribution >= 0.6 is 0 Å². The Morgan fingerprint density at radius 2 is 1.41 bits per heavy atom. The van der Waals surface area contributed by atoms with Crippen LogP contribution < -0.4 is 0 Å². The summed E-state index contributed by atoms with van der Waals surface area (Å²) >= 11 is 0. The van der Waals surface area contributed by atoms with Crippen LogP contribution in [0.5, 0.6) is 0 Å². The fourth-order valence-corrected chi connectivity index (χ4v) is 0.887. The van der Waals surface area contributed by atoms with Crippen molar-refractivity contribution in [3.05, 3.63) is 70.0 Å². The molecule has 0 aliphatic rings. The van der Waals surface area contributed by atoms with Crippen LogP contribution in [0.25, 0.3) is 0 Å². The van der Waals surface area contributed by atoms with Crippen molar-refractivity contribution in [2.75, 3.05) is 0 Å². The quantitative estimate of drug-likeness (QED) is 0.487. The van der Waals surface area contributed by atoms with Gasteiger partial charge in [0.2, 0.25) is 0 Å². The largest absolute Gasteiger partial charge is 0.0687 e. The lowest BCUT2D eigenvalue weighted by Crippen LogP contribution is -1.68. The lowest BCUT2D eigenvalue weighted by atomic mass is 10.2. The third-order valence-corrected chi connectivity index (χ3v) is 1.65. The highest BCUT2D eigenvalue weighted by atomic mass is 13.8. The first-order valence-corrected chi connectivity index (χ1v) is 5.51. The van der Waals surface area contributed by atoms with E-state index in [1.54, 1.807) is 0 Å². The number of hydrogen-bond acceptors (Lipinski definition) is 0. The lowest BCUT2D eigenvalue weighted by Gasteiger charge is -1.87. The third kappa shape index (κ3) is 13.5. The summed E-state index contributed by atoms with van der Waals surface area (Å²) in [5.74, 6) is 0. The number of unbranched alkanes of at least 4 members (excludes halogenated alkanes) is 3. The summed E-state index contributed by atoms with van der Waals surface area (Å²) in [4.78, 5) is 0. The molecule has 0 aromatic heterocycles. The molecule has 82 valence electrons. The van der Waals surface area contributed by atoms with Crippen molar-refractivity contribution in [3.8, 4) is 0 Å². The van der Waals surface area contributed by atoms with Crippen LogP contribution in [0.15, 0.2) is 70.0 Å². The standard InChI is InChI=1S/C17H14/c1-3-5-7-9-11-13-15-17-16-14-12-10-8-6-4-2/h12H,1,4,6,8,10H2,2H3. The van der Waals surface area contributed by atoms with Gasteiger partial charge in [0.1, 0.15) is 0 Å². The second-order valence-electron chi connectivity index (χ2n) is 3.02. The normalized spacial score (nSPS) is 5.94. The molecule has 0 aromatic rings. The Hall–Kier alpha value is -2.46. The molecule has 0 rings (SSSR count). The van der Waals surface area contributed by atoms with Crippen LogP contribution in [0.4, 0.5) is 0 Å². The van der Waals surface area contributed by atoms with Gasteiger partial charge in [0.05, 0.1) is 0 Å². The van der Waals surface area contributed by atoms with Gasteiger partial charge in [0, 0.05) is 0 Å². The first kappa shape index (κ1) is 14.5. The Morgan fingerprint density at radius 1 is 0.824 bits per heavy atom. The predicted molar refractivity (Wildman–Crippen MR) is 69.5 cm³/mol. The minimum Gasteiger partial charge on any atom is -0.0687 e. The smallest absolute Gasteiger partial charge is 0.000000346 e. The van der Waals surface area contributed by atoms with E-state index in [1.165, 1.54) is 19.3 Å². The zero-order chi connectivity index (χ0) is 12.6. The number of rotatable bonds is 4. The van der Waals surface area contributed by atoms with Gasteiger partial charge in [-0.2, -0.15) is 0 Å². The van der Waals surface area contributed by atoms with E-state index in [0.29, 0.717) is 0 Å². The summed E-state index contributed by atoms with van der Waals surface area (Å²) < 4.78 is 0. The second-order valence-corrected chi connectivity index (χ2v) is 3.02. The fourth-order valence-electron chi connectivity index (χ4n) is 0.887. The first-order chi connectivity index (χ1) is 8.41. The average molecular weight is 218 g/mol. The molecule has 0 heteroatoms. The Morgan fingerprint density at radius 3 is 2.00 bits per heavy atom. The maximum Gasteiger partial charge on any atom is -0.000000346 e. The van der Waals surface area contributed by atoms with Gasteiger partial charge in [0.25, 0.3) is 0 Å². The Bertz CT molecular complexity index is 583. The third-order valence-electron chi connectivity index (χ3n) is 1.65. The molecule has 0 N–H and O–H groups in total. The van der Waals surface area contributed by atoms with Crippen molar-refractivity contribution < 1.29 is 0 Å². The zero-order valence-electron chi connectivity index (χ0n) is 10.1. The molecule has 0 spiro atoms. The predicted octanol–water partition coefficient (Wildman–Crippen LogP) is 4.30. The molecule has 0 aliphatic heterocycles. The molecule has 0 aliphatic carbocycles. The SMILES string of the molecule is C=C=C=C=C=C=C=C=C=C=C=CCCCCC. The van der Waals surface area contributed by atoms with Crippen LogP contribution in [0.1, 0.15) is 32.6 Å². The van der Waals surface area contributed by atoms with Crippen molar-refractivity contribution in [3.63, 3.8) is 0 Å². The highest BCUT2D eigenvalue weighted by Gasteiger charge is 1.78. The Kier molecular flexibility index (Phi) is 11.6. The fraction of sp³-hybridized carbons (Fsp3) is 0.294. The van der Waals surface area contributed by atoms with Crippen LogP contribution in [0.2, 0.25) is 0 Å². The molecular weight excluding hydrogens is 204 g/mol. The van der Waals surface area contributed by atoms with Gasteiger partial charge in [-0.15, -0.1) is 0 Å². The van der Waals surface area contributed by atoms with E-state index < -0.39 is 0 Å². The first-order valence-electron chi connectivity index (χ1n) is 5.51. The molecule has 0 saturated heterocycles. The molecular formula is C17H14. The molecule has 0 fully saturated rings. The summed E-state index contributed by atoms with van der Waals surface area (Å²) in [6.07, 6.45) is 6.66. The van der Waals surface area contributed by atoms with Gasteiger partial charge < -0.3 is 0 Å². The van der Waals surface area contributed by atoms with E-state index >= 15 is 0 Å². The van der Waals surface area contributed by atoms with Crippen molar-refractivity contribution in [1.82, 2.24) is 0 Å². The van der Waals surface area contributed by atoms with Gasteiger partial charge in [-0.05, 0) is 71.3 Å². The van der Waals surface area contributed by atoms with Gasteiger partial charge in [-0.1, -0.05) is 31.2 Å². The number of hydrogen-bond donors (Lipinski definition) is 0. The molecule has 0 radical (unpaired) electrons. The lowest BCUT2D eigenvalue weighted by molar-refractivity contribution is 0.729. The highest BCUT2D eigenvalue weighted by Crippen LogP contribution is 1.97. The zero-order valence-corrected chi connectivity index (χ0v) is 10.1. The Labute approximate surface area is 103 Å². The molecule has 0 nitrogen and oxygen atoms in total. The van der Waals surface area contributed by atoms with E-state index in [2.05, 4.69) is 70.8 Å². The van der Waals surface area contributed by atoms with Crippen LogP contribution in [-0.2, 0) is 0 Å². The molecule has 17 heavy (non-hydrogen) atoms. The molecule has 0 bridgehead atoms. The topological polar surface area (TPSA) is 0 Å².